The summed E-state index contributed by atoms with van der Waals surface area (Å²) in [5.41, 5.74) is 1.40. The van der Waals surface area contributed by atoms with Gasteiger partial charge in [-0.3, -0.25) is 4.79 Å². The quantitative estimate of drug-likeness (QED) is 0.927. The first-order valence-electron chi connectivity index (χ1n) is 6.87. The van der Waals surface area contributed by atoms with E-state index >= 15 is 0 Å². The standard InChI is InChI=1S/C17H17F2NO2/c1-10-7-8-11(2)15(9-10)22-12(3)17(21)20-16-13(18)5-4-6-14(16)19/h4-9,12H,1-3H3,(H,20,21). The summed E-state index contributed by atoms with van der Waals surface area (Å²) in [4.78, 5) is 12.0. The molecule has 0 spiro atoms. The van der Waals surface area contributed by atoms with E-state index in [0.29, 0.717) is 5.75 Å². The first-order valence-corrected chi connectivity index (χ1v) is 6.87. The Labute approximate surface area is 127 Å². The van der Waals surface area contributed by atoms with Crippen LogP contribution in [0.2, 0.25) is 0 Å². The third-order valence-corrected chi connectivity index (χ3v) is 3.23. The molecule has 0 aliphatic rings. The van der Waals surface area contributed by atoms with Gasteiger partial charge in [0.25, 0.3) is 5.91 Å². The van der Waals surface area contributed by atoms with E-state index in [4.69, 9.17) is 4.74 Å². The van der Waals surface area contributed by atoms with Gasteiger partial charge in [0.05, 0.1) is 0 Å². The predicted octanol–water partition coefficient (Wildman–Crippen LogP) is 3.99. The number of halogens is 2. The molecule has 1 amide bonds. The van der Waals surface area contributed by atoms with Crippen LogP contribution >= 0.6 is 0 Å². The molecule has 0 radical (unpaired) electrons. The van der Waals surface area contributed by atoms with Gasteiger partial charge >= 0.3 is 0 Å². The molecule has 1 unspecified atom stereocenters. The number of hydrogen-bond donors (Lipinski definition) is 1. The van der Waals surface area contributed by atoms with Crippen LogP contribution in [0.3, 0.4) is 0 Å². The Morgan fingerprint density at radius 3 is 2.41 bits per heavy atom. The number of anilines is 1. The third kappa shape index (κ3) is 3.61. The zero-order chi connectivity index (χ0) is 16.3. The van der Waals surface area contributed by atoms with Crippen molar-refractivity contribution in [3.05, 3.63) is 59.2 Å². The van der Waals surface area contributed by atoms with E-state index in [1.807, 2.05) is 32.0 Å². The van der Waals surface area contributed by atoms with E-state index in [0.717, 1.165) is 23.3 Å². The van der Waals surface area contributed by atoms with Gasteiger partial charge in [-0.15, -0.1) is 0 Å². The molecule has 1 N–H and O–H groups in total. The van der Waals surface area contributed by atoms with Gasteiger partial charge in [0.15, 0.2) is 6.10 Å². The topological polar surface area (TPSA) is 38.3 Å². The average molecular weight is 305 g/mol. The fourth-order valence-electron chi connectivity index (χ4n) is 1.92. The molecule has 0 saturated carbocycles. The van der Waals surface area contributed by atoms with E-state index < -0.39 is 29.3 Å². The van der Waals surface area contributed by atoms with Gasteiger partial charge in [-0.25, -0.2) is 8.78 Å². The van der Waals surface area contributed by atoms with Crippen molar-refractivity contribution in [3.63, 3.8) is 0 Å². The molecule has 0 heterocycles. The number of hydrogen-bond acceptors (Lipinski definition) is 2. The molecular formula is C17H17F2NO2. The summed E-state index contributed by atoms with van der Waals surface area (Å²) in [6.07, 6.45) is -0.889. The number of para-hydroxylation sites is 1. The highest BCUT2D eigenvalue weighted by Gasteiger charge is 2.19. The fourth-order valence-corrected chi connectivity index (χ4v) is 1.92. The summed E-state index contributed by atoms with van der Waals surface area (Å²) >= 11 is 0. The van der Waals surface area contributed by atoms with Crippen molar-refractivity contribution in [2.45, 2.75) is 26.9 Å². The third-order valence-electron chi connectivity index (χ3n) is 3.23. The second-order valence-electron chi connectivity index (χ2n) is 5.11. The fraction of sp³-hybridized carbons (Fsp3) is 0.235. The number of amides is 1. The lowest BCUT2D eigenvalue weighted by atomic mass is 10.1. The molecule has 0 fully saturated rings. The first kappa shape index (κ1) is 15.9. The van der Waals surface area contributed by atoms with Gasteiger partial charge in [0.1, 0.15) is 23.1 Å². The molecule has 22 heavy (non-hydrogen) atoms. The largest absolute Gasteiger partial charge is 0.481 e. The minimum Gasteiger partial charge on any atom is -0.481 e. The summed E-state index contributed by atoms with van der Waals surface area (Å²) in [7, 11) is 0. The van der Waals surface area contributed by atoms with Crippen molar-refractivity contribution in [3.8, 4) is 5.75 Å². The average Bonchev–Trinajstić information content (AvgIpc) is 2.46. The number of benzene rings is 2. The zero-order valence-corrected chi connectivity index (χ0v) is 12.6. The van der Waals surface area contributed by atoms with E-state index in [1.54, 1.807) is 0 Å². The molecule has 116 valence electrons. The maximum absolute atomic E-state index is 13.5. The Hall–Kier alpha value is -2.43. The molecule has 2 aromatic rings. The van der Waals surface area contributed by atoms with Crippen LogP contribution in [0.25, 0.3) is 0 Å². The minimum atomic E-state index is -0.889. The van der Waals surface area contributed by atoms with E-state index in [2.05, 4.69) is 5.32 Å². The van der Waals surface area contributed by atoms with Gasteiger partial charge in [-0.2, -0.15) is 0 Å². The summed E-state index contributed by atoms with van der Waals surface area (Å²) < 4.78 is 32.6. The normalized spacial score (nSPS) is 11.9. The Kier molecular flexibility index (Phi) is 4.75. The number of carbonyl (C=O) groups is 1. The molecule has 2 aromatic carbocycles. The highest BCUT2D eigenvalue weighted by Crippen LogP contribution is 2.22. The Bertz CT molecular complexity index is 681. The van der Waals surface area contributed by atoms with Crippen molar-refractivity contribution in [2.75, 3.05) is 5.32 Å². The zero-order valence-electron chi connectivity index (χ0n) is 12.6. The van der Waals surface area contributed by atoms with Crippen LogP contribution in [0.5, 0.6) is 5.75 Å². The highest BCUT2D eigenvalue weighted by atomic mass is 19.1. The monoisotopic (exact) mass is 305 g/mol. The summed E-state index contributed by atoms with van der Waals surface area (Å²) in [6, 6.07) is 9.01. The molecule has 2 rings (SSSR count). The second-order valence-corrected chi connectivity index (χ2v) is 5.11. The number of aryl methyl sites for hydroxylation is 2. The number of rotatable bonds is 4. The molecule has 0 aliphatic carbocycles. The van der Waals surface area contributed by atoms with E-state index in [1.165, 1.54) is 13.0 Å². The van der Waals surface area contributed by atoms with Crippen LogP contribution < -0.4 is 10.1 Å². The lowest BCUT2D eigenvalue weighted by molar-refractivity contribution is -0.122. The lowest BCUT2D eigenvalue weighted by Crippen LogP contribution is -2.31. The number of nitrogens with one attached hydrogen (secondary N) is 1. The Balaban J connectivity index is 2.11. The molecule has 5 heteroatoms. The minimum absolute atomic E-state index is 0.469. The Morgan fingerprint density at radius 2 is 1.77 bits per heavy atom. The maximum atomic E-state index is 13.5. The molecule has 0 bridgehead atoms. The van der Waals surface area contributed by atoms with Crippen molar-refractivity contribution >= 4 is 11.6 Å². The van der Waals surface area contributed by atoms with E-state index in [9.17, 15) is 13.6 Å². The maximum Gasteiger partial charge on any atom is 0.265 e. The summed E-state index contributed by atoms with van der Waals surface area (Å²) in [6.45, 7) is 5.29. The molecule has 1 atom stereocenters. The van der Waals surface area contributed by atoms with Crippen LogP contribution in [-0.4, -0.2) is 12.0 Å². The van der Waals surface area contributed by atoms with Crippen molar-refractivity contribution in [1.29, 1.82) is 0 Å². The van der Waals surface area contributed by atoms with Gasteiger partial charge in [0.2, 0.25) is 0 Å². The van der Waals surface area contributed by atoms with Crippen LogP contribution in [-0.2, 0) is 4.79 Å². The van der Waals surface area contributed by atoms with Crippen LogP contribution in [0.1, 0.15) is 18.1 Å². The smallest absolute Gasteiger partial charge is 0.265 e. The summed E-state index contributed by atoms with van der Waals surface area (Å²) in [5.74, 6) is -1.71. The number of ether oxygens (including phenoxy) is 1. The van der Waals surface area contributed by atoms with Crippen molar-refractivity contribution < 1.29 is 18.3 Å². The van der Waals surface area contributed by atoms with Crippen LogP contribution in [0.15, 0.2) is 36.4 Å². The van der Waals surface area contributed by atoms with Crippen LogP contribution in [0, 0.1) is 25.5 Å². The summed E-state index contributed by atoms with van der Waals surface area (Å²) in [5, 5.41) is 2.22. The van der Waals surface area contributed by atoms with Crippen molar-refractivity contribution in [2.24, 2.45) is 0 Å². The molecular weight excluding hydrogens is 288 g/mol. The highest BCUT2D eigenvalue weighted by molar-refractivity contribution is 5.94. The SMILES string of the molecule is Cc1ccc(C)c(OC(C)C(=O)Nc2c(F)cccc2F)c1. The molecule has 0 aromatic heterocycles. The number of carbonyl (C=O) groups excluding carboxylic acids is 1. The molecule has 0 aliphatic heterocycles. The van der Waals surface area contributed by atoms with Gasteiger partial charge in [0, 0.05) is 0 Å². The van der Waals surface area contributed by atoms with E-state index in [-0.39, 0.29) is 0 Å². The second kappa shape index (κ2) is 6.56. The Morgan fingerprint density at radius 1 is 1.14 bits per heavy atom. The first-order chi connectivity index (χ1) is 10.4. The molecule has 0 saturated heterocycles. The predicted molar refractivity (Wildman–Crippen MR) is 81.0 cm³/mol. The van der Waals surface area contributed by atoms with Crippen molar-refractivity contribution in [1.82, 2.24) is 0 Å². The van der Waals surface area contributed by atoms with Gasteiger partial charge in [-0.05, 0) is 50.1 Å². The van der Waals surface area contributed by atoms with Crippen LogP contribution in [0.4, 0.5) is 14.5 Å². The van der Waals surface area contributed by atoms with Gasteiger partial charge in [-0.1, -0.05) is 18.2 Å². The lowest BCUT2D eigenvalue weighted by Gasteiger charge is -2.17. The molecule has 3 nitrogen and oxygen atoms in total. The van der Waals surface area contributed by atoms with Gasteiger partial charge < -0.3 is 10.1 Å².